The summed E-state index contributed by atoms with van der Waals surface area (Å²) in [5.41, 5.74) is 0. The Balaban J connectivity index is 2.50. The van der Waals surface area contributed by atoms with Crippen molar-refractivity contribution in [2.75, 3.05) is 13.2 Å². The van der Waals surface area contributed by atoms with Crippen LogP contribution in [0.1, 0.15) is 84.5 Å². The lowest BCUT2D eigenvalue weighted by Gasteiger charge is -2.40. The molecule has 1 heterocycles. The van der Waals surface area contributed by atoms with Crippen LogP contribution in [0, 0.1) is 0 Å². The standard InChI is InChI=1S/C33H55NO8/c1-3-5-7-9-10-11-12-13-14-15-16-17-18-19-21-23-29(37)34-26(27(36)22-20-8-6-4-2)25-41-33-32(40)31(39)30(38)28(24-35)42-33/h5,7,10-11,13-14,16-17,19,21,26-28,30-33,35-36,38-40H,3-4,6,8-9,12,15,18,20,22-25H2,1-2H3,(H,34,37)/b7-5-,11-10-,14-13-,17-16-,21-19-. The Hall–Kier alpha value is -2.11. The first-order valence-electron chi connectivity index (χ1n) is 15.5. The fourth-order valence-electron chi connectivity index (χ4n) is 4.34. The van der Waals surface area contributed by atoms with Crippen LogP contribution in [0.25, 0.3) is 0 Å². The van der Waals surface area contributed by atoms with Crippen molar-refractivity contribution >= 4 is 5.91 Å². The fourth-order valence-corrected chi connectivity index (χ4v) is 4.34. The van der Waals surface area contributed by atoms with Gasteiger partial charge in [0.25, 0.3) is 0 Å². The number of unbranched alkanes of at least 4 members (excludes halogenated alkanes) is 3. The summed E-state index contributed by atoms with van der Waals surface area (Å²) in [5, 5.41) is 53.2. The van der Waals surface area contributed by atoms with Crippen molar-refractivity contribution in [3.8, 4) is 0 Å². The van der Waals surface area contributed by atoms with Crippen molar-refractivity contribution in [1.29, 1.82) is 0 Å². The molecule has 0 spiro atoms. The Kier molecular flexibility index (Phi) is 22.0. The molecule has 1 aliphatic heterocycles. The summed E-state index contributed by atoms with van der Waals surface area (Å²) in [4.78, 5) is 12.6. The predicted octanol–water partition coefficient (Wildman–Crippen LogP) is 3.76. The van der Waals surface area contributed by atoms with Gasteiger partial charge in [-0.3, -0.25) is 4.79 Å². The number of carbonyl (C=O) groups is 1. The van der Waals surface area contributed by atoms with Gasteiger partial charge in [0.05, 0.1) is 25.4 Å². The number of amides is 1. The Morgan fingerprint density at radius 3 is 1.93 bits per heavy atom. The zero-order valence-corrected chi connectivity index (χ0v) is 25.5. The maximum absolute atomic E-state index is 12.6. The fraction of sp³-hybridized carbons (Fsp3) is 0.667. The van der Waals surface area contributed by atoms with Crippen molar-refractivity contribution in [2.24, 2.45) is 0 Å². The molecule has 9 nitrogen and oxygen atoms in total. The van der Waals surface area contributed by atoms with Crippen molar-refractivity contribution in [1.82, 2.24) is 5.32 Å². The summed E-state index contributed by atoms with van der Waals surface area (Å²) < 4.78 is 11.0. The molecule has 0 aliphatic carbocycles. The Morgan fingerprint density at radius 2 is 1.38 bits per heavy atom. The van der Waals surface area contributed by atoms with E-state index < -0.39 is 49.5 Å². The second-order valence-corrected chi connectivity index (χ2v) is 10.5. The molecule has 1 fully saturated rings. The summed E-state index contributed by atoms with van der Waals surface area (Å²) in [6.07, 6.45) is 21.8. The van der Waals surface area contributed by atoms with E-state index in [1.54, 1.807) is 6.08 Å². The molecule has 0 saturated carbocycles. The molecule has 0 aromatic carbocycles. The number of hydrogen-bond donors (Lipinski definition) is 6. The second-order valence-electron chi connectivity index (χ2n) is 10.5. The van der Waals surface area contributed by atoms with Gasteiger partial charge < -0.3 is 40.3 Å². The summed E-state index contributed by atoms with van der Waals surface area (Å²) in [5.74, 6) is -0.286. The van der Waals surface area contributed by atoms with Gasteiger partial charge in [-0.2, -0.15) is 0 Å². The number of aliphatic hydroxyl groups is 5. The lowest BCUT2D eigenvalue weighted by atomic mass is 9.99. The van der Waals surface area contributed by atoms with Gasteiger partial charge in [-0.15, -0.1) is 0 Å². The van der Waals surface area contributed by atoms with Crippen LogP contribution in [0.5, 0.6) is 0 Å². The van der Waals surface area contributed by atoms with Crippen molar-refractivity contribution in [3.63, 3.8) is 0 Å². The maximum atomic E-state index is 12.6. The summed E-state index contributed by atoms with van der Waals surface area (Å²) in [7, 11) is 0. The summed E-state index contributed by atoms with van der Waals surface area (Å²) in [6, 6.07) is -0.769. The number of ether oxygens (including phenoxy) is 2. The van der Waals surface area contributed by atoms with E-state index >= 15 is 0 Å². The highest BCUT2D eigenvalue weighted by molar-refractivity contribution is 5.77. The van der Waals surface area contributed by atoms with E-state index in [2.05, 4.69) is 61.7 Å². The number of hydrogen-bond acceptors (Lipinski definition) is 8. The van der Waals surface area contributed by atoms with E-state index in [0.29, 0.717) is 12.8 Å². The number of rotatable bonds is 22. The first-order valence-corrected chi connectivity index (χ1v) is 15.5. The Morgan fingerprint density at radius 1 is 0.810 bits per heavy atom. The molecule has 1 aliphatic rings. The predicted molar refractivity (Wildman–Crippen MR) is 165 cm³/mol. The van der Waals surface area contributed by atoms with Crippen molar-refractivity contribution < 1.29 is 39.8 Å². The van der Waals surface area contributed by atoms with Gasteiger partial charge in [-0.1, -0.05) is 100 Å². The molecule has 0 aromatic heterocycles. The molecule has 7 unspecified atom stereocenters. The maximum Gasteiger partial charge on any atom is 0.224 e. The van der Waals surface area contributed by atoms with Crippen LogP contribution in [0.3, 0.4) is 0 Å². The van der Waals surface area contributed by atoms with Crippen LogP contribution in [0.2, 0.25) is 0 Å². The van der Waals surface area contributed by atoms with Gasteiger partial charge >= 0.3 is 0 Å². The van der Waals surface area contributed by atoms with E-state index in [9.17, 15) is 30.3 Å². The largest absolute Gasteiger partial charge is 0.394 e. The third kappa shape index (κ3) is 16.5. The first kappa shape index (κ1) is 37.9. The molecule has 240 valence electrons. The molecule has 0 radical (unpaired) electrons. The average Bonchev–Trinajstić information content (AvgIpc) is 2.98. The zero-order chi connectivity index (χ0) is 31.0. The molecule has 0 bridgehead atoms. The van der Waals surface area contributed by atoms with Crippen LogP contribution < -0.4 is 5.32 Å². The lowest BCUT2D eigenvalue weighted by molar-refractivity contribution is -0.302. The van der Waals surface area contributed by atoms with E-state index in [0.717, 1.165) is 51.4 Å². The minimum Gasteiger partial charge on any atom is -0.394 e. The molecular weight excluding hydrogens is 538 g/mol. The molecule has 42 heavy (non-hydrogen) atoms. The molecule has 6 N–H and O–H groups in total. The highest BCUT2D eigenvalue weighted by Crippen LogP contribution is 2.22. The molecule has 9 heteroatoms. The van der Waals surface area contributed by atoms with Gasteiger partial charge in [-0.05, 0) is 38.5 Å². The minimum absolute atomic E-state index is 0.132. The van der Waals surface area contributed by atoms with Gasteiger partial charge in [0.15, 0.2) is 6.29 Å². The molecule has 7 atom stereocenters. The van der Waals surface area contributed by atoms with E-state index in [-0.39, 0.29) is 18.9 Å². The van der Waals surface area contributed by atoms with Gasteiger partial charge in [0, 0.05) is 6.42 Å². The van der Waals surface area contributed by atoms with Gasteiger partial charge in [-0.25, -0.2) is 0 Å². The van der Waals surface area contributed by atoms with Crippen LogP contribution in [-0.4, -0.2) is 87.5 Å². The van der Waals surface area contributed by atoms with Gasteiger partial charge in [0.2, 0.25) is 5.91 Å². The lowest BCUT2D eigenvalue weighted by Crippen LogP contribution is -2.60. The van der Waals surface area contributed by atoms with Crippen LogP contribution in [0.4, 0.5) is 0 Å². The monoisotopic (exact) mass is 593 g/mol. The van der Waals surface area contributed by atoms with Crippen LogP contribution in [-0.2, 0) is 14.3 Å². The normalized spacial score (nSPS) is 25.0. The van der Waals surface area contributed by atoms with E-state index in [1.165, 1.54) is 0 Å². The third-order valence-electron chi connectivity index (χ3n) is 6.91. The molecular formula is C33H55NO8. The van der Waals surface area contributed by atoms with Crippen LogP contribution >= 0.6 is 0 Å². The highest BCUT2D eigenvalue weighted by atomic mass is 16.7. The number of allylic oxidation sites excluding steroid dienone is 9. The summed E-state index contributed by atoms with van der Waals surface area (Å²) in [6.45, 7) is 3.47. The minimum atomic E-state index is -1.57. The van der Waals surface area contributed by atoms with Crippen molar-refractivity contribution in [2.45, 2.75) is 127 Å². The topological polar surface area (TPSA) is 149 Å². The Bertz CT molecular complexity index is 838. The second kappa shape index (κ2) is 24.3. The highest BCUT2D eigenvalue weighted by Gasteiger charge is 2.44. The summed E-state index contributed by atoms with van der Waals surface area (Å²) >= 11 is 0. The molecule has 1 saturated heterocycles. The molecule has 1 rings (SSSR count). The zero-order valence-electron chi connectivity index (χ0n) is 25.5. The van der Waals surface area contributed by atoms with Gasteiger partial charge in [0.1, 0.15) is 24.4 Å². The SMILES string of the molecule is CC/C=C\C/C=C\C/C=C\C/C=C\C/C=C\CC(=O)NC(COC1OC(CO)C(O)C(O)C1O)C(O)CCCCCC. The number of aliphatic hydroxyl groups excluding tert-OH is 5. The number of nitrogens with one attached hydrogen (secondary N) is 1. The smallest absolute Gasteiger partial charge is 0.224 e. The third-order valence-corrected chi connectivity index (χ3v) is 6.91. The van der Waals surface area contributed by atoms with E-state index in [1.807, 2.05) is 12.2 Å². The number of carbonyl (C=O) groups excluding carboxylic acids is 1. The van der Waals surface area contributed by atoms with E-state index in [4.69, 9.17) is 9.47 Å². The average molecular weight is 594 g/mol. The Labute approximate surface area is 252 Å². The van der Waals surface area contributed by atoms with Crippen LogP contribution in [0.15, 0.2) is 60.8 Å². The quantitative estimate of drug-likeness (QED) is 0.0821. The molecule has 0 aromatic rings. The first-order chi connectivity index (χ1) is 20.3. The van der Waals surface area contributed by atoms with Crippen molar-refractivity contribution in [3.05, 3.63) is 60.8 Å². The molecule has 1 amide bonds.